The van der Waals surface area contributed by atoms with Crippen molar-refractivity contribution in [2.75, 3.05) is 33.2 Å². The molecule has 0 aromatic heterocycles. The quantitative estimate of drug-likeness (QED) is 0.721. The monoisotopic (exact) mass is 426 g/mol. The highest BCUT2D eigenvalue weighted by Crippen LogP contribution is 2.29. The van der Waals surface area contributed by atoms with Gasteiger partial charge in [-0.2, -0.15) is 12.7 Å². The van der Waals surface area contributed by atoms with Crippen LogP contribution in [0.4, 0.5) is 0 Å². The summed E-state index contributed by atoms with van der Waals surface area (Å²) < 4.78 is 58.2. The van der Waals surface area contributed by atoms with Crippen LogP contribution < -0.4 is 4.18 Å². The molecule has 0 unspecified atom stereocenters. The van der Waals surface area contributed by atoms with Crippen LogP contribution in [0.25, 0.3) is 0 Å². The molecule has 1 N–H and O–H groups in total. The van der Waals surface area contributed by atoms with Crippen molar-refractivity contribution in [3.05, 3.63) is 48.0 Å². The number of hydrogen-bond acceptors (Lipinski definition) is 7. The number of aromatic hydroxyl groups is 1. The second kappa shape index (κ2) is 7.70. The molecule has 0 amide bonds. The molecule has 2 aromatic rings. The van der Waals surface area contributed by atoms with Crippen molar-refractivity contribution in [3.8, 4) is 11.5 Å². The van der Waals surface area contributed by atoms with E-state index in [4.69, 9.17) is 4.18 Å². The fraction of sp³-hybridized carbons (Fsp3) is 0.333. The van der Waals surface area contributed by atoms with Crippen molar-refractivity contribution in [2.24, 2.45) is 0 Å². The first-order valence-corrected chi connectivity index (χ1v) is 11.5. The standard InChI is InChI=1S/C18H22N2O6S2/c1-14-11-15(21)13-16(12-14)26-28(24,25)18-6-4-3-5-17(18)27(22,23)20-9-7-19(2)8-10-20/h3-6,11-13,21H,7-10H2,1-2H3. The Morgan fingerprint density at radius 2 is 1.54 bits per heavy atom. The van der Waals surface area contributed by atoms with Crippen LogP contribution in [0, 0.1) is 6.92 Å². The van der Waals surface area contributed by atoms with Crippen molar-refractivity contribution >= 4 is 20.1 Å². The van der Waals surface area contributed by atoms with Gasteiger partial charge in [0.1, 0.15) is 21.3 Å². The van der Waals surface area contributed by atoms with Gasteiger partial charge in [-0.05, 0) is 43.8 Å². The lowest BCUT2D eigenvalue weighted by Crippen LogP contribution is -2.47. The fourth-order valence-electron chi connectivity index (χ4n) is 2.99. The summed E-state index contributed by atoms with van der Waals surface area (Å²) in [6, 6.07) is 9.42. The predicted octanol–water partition coefficient (Wildman–Crippen LogP) is 1.40. The number of benzene rings is 2. The van der Waals surface area contributed by atoms with Crippen LogP contribution in [0.3, 0.4) is 0 Å². The Morgan fingerprint density at radius 3 is 2.14 bits per heavy atom. The highest BCUT2D eigenvalue weighted by atomic mass is 32.2. The molecule has 3 rings (SSSR count). The Balaban J connectivity index is 1.99. The lowest BCUT2D eigenvalue weighted by atomic mass is 10.2. The van der Waals surface area contributed by atoms with Crippen LogP contribution in [-0.2, 0) is 20.1 Å². The molecule has 0 radical (unpaired) electrons. The van der Waals surface area contributed by atoms with Crippen LogP contribution in [-0.4, -0.2) is 64.4 Å². The molecule has 10 heteroatoms. The zero-order valence-electron chi connectivity index (χ0n) is 15.6. The normalized spacial score (nSPS) is 16.8. The summed E-state index contributed by atoms with van der Waals surface area (Å²) >= 11 is 0. The SMILES string of the molecule is Cc1cc(O)cc(OS(=O)(=O)c2ccccc2S(=O)(=O)N2CCN(C)CC2)c1. The molecule has 1 fully saturated rings. The number of likely N-dealkylation sites (N-methyl/N-ethyl adjacent to an activating group) is 1. The van der Waals surface area contributed by atoms with Crippen LogP contribution >= 0.6 is 0 Å². The number of sulfonamides is 1. The molecular formula is C18H22N2O6S2. The predicted molar refractivity (Wildman–Crippen MR) is 103 cm³/mol. The number of hydrogen-bond donors (Lipinski definition) is 1. The Labute approximate surface area is 165 Å². The van der Waals surface area contributed by atoms with Gasteiger partial charge in [-0.1, -0.05) is 12.1 Å². The van der Waals surface area contributed by atoms with Gasteiger partial charge in [0.15, 0.2) is 0 Å². The van der Waals surface area contributed by atoms with E-state index in [1.807, 2.05) is 11.9 Å². The maximum Gasteiger partial charge on any atom is 0.340 e. The molecule has 152 valence electrons. The van der Waals surface area contributed by atoms with Gasteiger partial charge in [-0.25, -0.2) is 8.42 Å². The van der Waals surface area contributed by atoms with E-state index in [1.165, 1.54) is 40.7 Å². The number of phenols is 1. The Hall–Kier alpha value is -2.14. The fourth-order valence-corrected chi connectivity index (χ4v) is 6.10. The summed E-state index contributed by atoms with van der Waals surface area (Å²) in [5.74, 6) is -0.243. The van der Waals surface area contributed by atoms with Crippen LogP contribution in [0.2, 0.25) is 0 Å². The molecule has 0 aliphatic carbocycles. The third-order valence-electron chi connectivity index (χ3n) is 4.44. The number of phenolic OH excluding ortho intramolecular Hbond substituents is 1. The summed E-state index contributed by atoms with van der Waals surface area (Å²) in [5.41, 5.74) is 0.601. The van der Waals surface area contributed by atoms with Gasteiger partial charge in [0.25, 0.3) is 0 Å². The van der Waals surface area contributed by atoms with Crippen molar-refractivity contribution in [1.29, 1.82) is 0 Å². The smallest absolute Gasteiger partial charge is 0.340 e. The average molecular weight is 427 g/mol. The second-order valence-corrected chi connectivity index (χ2v) is 10.1. The van der Waals surface area contributed by atoms with Crippen molar-refractivity contribution in [3.63, 3.8) is 0 Å². The molecular weight excluding hydrogens is 404 g/mol. The Morgan fingerprint density at radius 1 is 0.929 bits per heavy atom. The zero-order chi connectivity index (χ0) is 20.5. The van der Waals surface area contributed by atoms with Gasteiger partial charge in [0.2, 0.25) is 10.0 Å². The minimum absolute atomic E-state index is 0.0932. The van der Waals surface area contributed by atoms with E-state index in [1.54, 1.807) is 6.92 Å². The van der Waals surface area contributed by atoms with E-state index in [9.17, 15) is 21.9 Å². The highest BCUT2D eigenvalue weighted by molar-refractivity contribution is 7.91. The Bertz CT molecular complexity index is 1050. The first-order valence-electron chi connectivity index (χ1n) is 8.62. The number of piperazine rings is 1. The van der Waals surface area contributed by atoms with Crippen LogP contribution in [0.1, 0.15) is 5.56 Å². The summed E-state index contributed by atoms with van der Waals surface area (Å²) in [6.07, 6.45) is 0. The minimum atomic E-state index is -4.44. The van der Waals surface area contributed by atoms with E-state index in [-0.39, 0.29) is 29.5 Å². The number of rotatable bonds is 5. The lowest BCUT2D eigenvalue weighted by molar-refractivity contribution is 0.222. The molecule has 1 saturated heterocycles. The highest BCUT2D eigenvalue weighted by Gasteiger charge is 2.33. The van der Waals surface area contributed by atoms with Gasteiger partial charge in [-0.3, -0.25) is 0 Å². The number of nitrogens with zero attached hydrogens (tertiary/aromatic N) is 2. The lowest BCUT2D eigenvalue weighted by Gasteiger charge is -2.31. The van der Waals surface area contributed by atoms with E-state index in [0.29, 0.717) is 18.7 Å². The molecule has 1 aliphatic rings. The molecule has 28 heavy (non-hydrogen) atoms. The molecule has 0 spiro atoms. The van der Waals surface area contributed by atoms with E-state index < -0.39 is 25.0 Å². The largest absolute Gasteiger partial charge is 0.508 e. The third kappa shape index (κ3) is 4.30. The van der Waals surface area contributed by atoms with E-state index >= 15 is 0 Å². The van der Waals surface area contributed by atoms with Crippen LogP contribution in [0.5, 0.6) is 11.5 Å². The first-order chi connectivity index (χ1) is 13.1. The van der Waals surface area contributed by atoms with Gasteiger partial charge >= 0.3 is 10.1 Å². The molecule has 1 aliphatic heterocycles. The molecule has 0 atom stereocenters. The van der Waals surface area contributed by atoms with E-state index in [0.717, 1.165) is 6.07 Å². The van der Waals surface area contributed by atoms with Crippen LogP contribution in [0.15, 0.2) is 52.3 Å². The number of aryl methyl sites for hydroxylation is 1. The zero-order valence-corrected chi connectivity index (χ0v) is 17.2. The maximum atomic E-state index is 13.1. The van der Waals surface area contributed by atoms with Crippen molar-refractivity contribution in [2.45, 2.75) is 16.7 Å². The van der Waals surface area contributed by atoms with Crippen molar-refractivity contribution < 1.29 is 26.1 Å². The topological polar surface area (TPSA) is 104 Å². The molecule has 0 saturated carbocycles. The maximum absolute atomic E-state index is 13.1. The summed E-state index contributed by atoms with van der Waals surface area (Å²) in [6.45, 7) is 3.35. The minimum Gasteiger partial charge on any atom is -0.508 e. The summed E-state index contributed by atoms with van der Waals surface area (Å²) in [4.78, 5) is 1.24. The molecule has 0 bridgehead atoms. The molecule has 1 heterocycles. The first kappa shape index (κ1) is 20.6. The van der Waals surface area contributed by atoms with Gasteiger partial charge in [-0.15, -0.1) is 0 Å². The van der Waals surface area contributed by atoms with Gasteiger partial charge < -0.3 is 14.2 Å². The Kier molecular flexibility index (Phi) is 5.67. The van der Waals surface area contributed by atoms with E-state index in [2.05, 4.69) is 0 Å². The summed E-state index contributed by atoms with van der Waals surface area (Å²) in [7, 11) is -6.55. The van der Waals surface area contributed by atoms with Gasteiger partial charge in [0, 0.05) is 32.2 Å². The van der Waals surface area contributed by atoms with Crippen molar-refractivity contribution in [1.82, 2.24) is 9.21 Å². The third-order valence-corrected chi connectivity index (χ3v) is 7.83. The molecule has 8 nitrogen and oxygen atoms in total. The second-order valence-electron chi connectivity index (χ2n) is 6.70. The summed E-state index contributed by atoms with van der Waals surface area (Å²) in [5, 5.41) is 9.66. The molecule has 2 aromatic carbocycles. The van der Waals surface area contributed by atoms with Gasteiger partial charge in [0.05, 0.1) is 0 Å². The average Bonchev–Trinajstić information content (AvgIpc) is 2.61.